The average molecular weight is 261 g/mol. The maximum absolute atomic E-state index is 3.40. The zero-order valence-corrected chi connectivity index (χ0v) is 10.9. The summed E-state index contributed by atoms with van der Waals surface area (Å²) >= 11 is 0. The van der Waals surface area contributed by atoms with Gasteiger partial charge < -0.3 is 10.2 Å². The first-order chi connectivity index (χ1) is 6.93. The molecule has 1 aromatic carbocycles. The van der Waals surface area contributed by atoms with Crippen molar-refractivity contribution in [2.45, 2.75) is 19.3 Å². The van der Waals surface area contributed by atoms with Crippen LogP contribution in [-0.2, 0) is 6.42 Å². The lowest BCUT2D eigenvalue weighted by Gasteiger charge is -2.18. The molecule has 0 spiro atoms. The molecule has 1 aromatic rings. The zero-order chi connectivity index (χ0) is 9.38. The van der Waals surface area contributed by atoms with E-state index in [4.69, 9.17) is 0 Å². The highest BCUT2D eigenvalue weighted by atomic mass is 35.5. The first-order valence-corrected chi connectivity index (χ1v) is 5.55. The molecule has 3 rings (SSSR count). The SMILES string of the molecule is Cl.Cl.c1cc2c(cc1N1CCCC1)CCN2. The number of hydrogen-bond donors (Lipinski definition) is 1. The van der Waals surface area contributed by atoms with Gasteiger partial charge in [0.1, 0.15) is 0 Å². The van der Waals surface area contributed by atoms with Crippen LogP contribution in [0.4, 0.5) is 11.4 Å². The summed E-state index contributed by atoms with van der Waals surface area (Å²) in [6.45, 7) is 3.59. The summed E-state index contributed by atoms with van der Waals surface area (Å²) in [5, 5.41) is 3.40. The van der Waals surface area contributed by atoms with Gasteiger partial charge in [-0.05, 0) is 43.0 Å². The normalized spacial score (nSPS) is 17.1. The van der Waals surface area contributed by atoms with E-state index in [1.54, 1.807) is 0 Å². The molecule has 0 atom stereocenters. The van der Waals surface area contributed by atoms with Crippen LogP contribution in [0.5, 0.6) is 0 Å². The molecule has 0 aromatic heterocycles. The monoisotopic (exact) mass is 260 g/mol. The predicted octanol–water partition coefficient (Wildman–Crippen LogP) is 3.10. The molecule has 0 amide bonds. The summed E-state index contributed by atoms with van der Waals surface area (Å²) in [4.78, 5) is 2.50. The molecule has 2 aliphatic rings. The number of halogens is 2. The van der Waals surface area contributed by atoms with Crippen molar-refractivity contribution in [2.24, 2.45) is 0 Å². The van der Waals surface area contributed by atoms with E-state index >= 15 is 0 Å². The van der Waals surface area contributed by atoms with Gasteiger partial charge in [0.15, 0.2) is 0 Å². The molecule has 1 fully saturated rings. The first kappa shape index (κ1) is 13.5. The molecule has 0 bridgehead atoms. The summed E-state index contributed by atoms with van der Waals surface area (Å²) < 4.78 is 0. The van der Waals surface area contributed by atoms with Gasteiger partial charge in [-0.25, -0.2) is 0 Å². The molecular formula is C12H18Cl2N2. The summed E-state index contributed by atoms with van der Waals surface area (Å²) in [7, 11) is 0. The average Bonchev–Trinajstić information content (AvgIpc) is 2.88. The van der Waals surface area contributed by atoms with Gasteiger partial charge in [0.2, 0.25) is 0 Å². The molecule has 1 N–H and O–H groups in total. The molecule has 16 heavy (non-hydrogen) atoms. The van der Waals surface area contributed by atoms with E-state index in [0.717, 1.165) is 6.54 Å². The molecule has 0 saturated carbocycles. The summed E-state index contributed by atoms with van der Waals surface area (Å²) in [6, 6.07) is 6.85. The van der Waals surface area contributed by atoms with E-state index in [1.165, 1.54) is 49.3 Å². The van der Waals surface area contributed by atoms with Gasteiger partial charge in [0, 0.05) is 31.0 Å². The number of nitrogens with one attached hydrogen (secondary N) is 1. The summed E-state index contributed by atoms with van der Waals surface area (Å²) in [5.74, 6) is 0. The highest BCUT2D eigenvalue weighted by molar-refractivity contribution is 5.85. The number of benzene rings is 1. The summed E-state index contributed by atoms with van der Waals surface area (Å²) in [5.41, 5.74) is 4.26. The molecule has 4 heteroatoms. The minimum absolute atomic E-state index is 0. The van der Waals surface area contributed by atoms with Crippen LogP contribution >= 0.6 is 24.8 Å². The van der Waals surface area contributed by atoms with E-state index < -0.39 is 0 Å². The minimum Gasteiger partial charge on any atom is -0.384 e. The Bertz CT molecular complexity index is 349. The van der Waals surface area contributed by atoms with E-state index in [-0.39, 0.29) is 24.8 Å². The number of rotatable bonds is 1. The molecule has 1 saturated heterocycles. The van der Waals surface area contributed by atoms with Gasteiger partial charge in [-0.1, -0.05) is 0 Å². The van der Waals surface area contributed by atoms with Crippen molar-refractivity contribution in [3.8, 4) is 0 Å². The van der Waals surface area contributed by atoms with Gasteiger partial charge in [-0.2, -0.15) is 0 Å². The fraction of sp³-hybridized carbons (Fsp3) is 0.500. The standard InChI is InChI=1S/C12H16N2.2ClH/c1-2-8-14(7-1)11-3-4-12-10(9-11)5-6-13-12;;/h3-4,9,13H,1-2,5-8H2;2*1H. The molecule has 2 nitrogen and oxygen atoms in total. The second-order valence-electron chi connectivity index (χ2n) is 4.21. The third-order valence-corrected chi connectivity index (χ3v) is 3.27. The van der Waals surface area contributed by atoms with E-state index in [9.17, 15) is 0 Å². The van der Waals surface area contributed by atoms with Crippen LogP contribution in [0.1, 0.15) is 18.4 Å². The van der Waals surface area contributed by atoms with E-state index in [1.807, 2.05) is 0 Å². The highest BCUT2D eigenvalue weighted by Crippen LogP contribution is 2.28. The van der Waals surface area contributed by atoms with Crippen LogP contribution in [0.15, 0.2) is 18.2 Å². The van der Waals surface area contributed by atoms with Crippen LogP contribution in [-0.4, -0.2) is 19.6 Å². The topological polar surface area (TPSA) is 15.3 Å². The molecule has 2 heterocycles. The smallest absolute Gasteiger partial charge is 0.0375 e. The molecular weight excluding hydrogens is 243 g/mol. The Labute approximate surface area is 109 Å². The van der Waals surface area contributed by atoms with Crippen molar-refractivity contribution < 1.29 is 0 Å². The molecule has 2 aliphatic heterocycles. The quantitative estimate of drug-likeness (QED) is 0.835. The van der Waals surface area contributed by atoms with Gasteiger partial charge in [-0.3, -0.25) is 0 Å². The minimum atomic E-state index is 0. The van der Waals surface area contributed by atoms with Crippen molar-refractivity contribution in [3.63, 3.8) is 0 Å². The Morgan fingerprint density at radius 1 is 1.06 bits per heavy atom. The second-order valence-corrected chi connectivity index (χ2v) is 4.21. The first-order valence-electron chi connectivity index (χ1n) is 5.55. The highest BCUT2D eigenvalue weighted by Gasteiger charge is 2.15. The summed E-state index contributed by atoms with van der Waals surface area (Å²) in [6.07, 6.45) is 3.90. The maximum Gasteiger partial charge on any atom is 0.0375 e. The van der Waals surface area contributed by atoms with Crippen LogP contribution < -0.4 is 10.2 Å². The lowest BCUT2D eigenvalue weighted by molar-refractivity contribution is 0.949. The van der Waals surface area contributed by atoms with Crippen LogP contribution in [0, 0.1) is 0 Å². The third kappa shape index (κ3) is 2.38. The van der Waals surface area contributed by atoms with Gasteiger partial charge >= 0.3 is 0 Å². The zero-order valence-electron chi connectivity index (χ0n) is 9.24. The van der Waals surface area contributed by atoms with Crippen LogP contribution in [0.3, 0.4) is 0 Å². The number of anilines is 2. The number of nitrogens with zero attached hydrogens (tertiary/aromatic N) is 1. The lowest BCUT2D eigenvalue weighted by Crippen LogP contribution is -2.17. The number of hydrogen-bond acceptors (Lipinski definition) is 2. The molecule has 0 radical (unpaired) electrons. The molecule has 0 unspecified atom stereocenters. The van der Waals surface area contributed by atoms with E-state index in [0.29, 0.717) is 0 Å². The van der Waals surface area contributed by atoms with Crippen molar-refractivity contribution in [2.75, 3.05) is 29.9 Å². The Balaban J connectivity index is 0.000000640. The molecule has 90 valence electrons. The largest absolute Gasteiger partial charge is 0.384 e. The van der Waals surface area contributed by atoms with Gasteiger partial charge in [0.25, 0.3) is 0 Å². The van der Waals surface area contributed by atoms with Gasteiger partial charge in [-0.15, -0.1) is 24.8 Å². The Kier molecular flexibility index (Phi) is 4.75. The third-order valence-electron chi connectivity index (χ3n) is 3.27. The van der Waals surface area contributed by atoms with Crippen LogP contribution in [0.25, 0.3) is 0 Å². The predicted molar refractivity (Wildman–Crippen MR) is 74.6 cm³/mol. The lowest BCUT2D eigenvalue weighted by atomic mass is 10.1. The maximum atomic E-state index is 3.40. The van der Waals surface area contributed by atoms with E-state index in [2.05, 4.69) is 28.4 Å². The van der Waals surface area contributed by atoms with Crippen molar-refractivity contribution in [1.82, 2.24) is 0 Å². The fourth-order valence-electron chi connectivity index (χ4n) is 2.46. The number of fused-ring (bicyclic) bond motifs is 1. The molecule has 0 aliphatic carbocycles. The Morgan fingerprint density at radius 3 is 2.56 bits per heavy atom. The van der Waals surface area contributed by atoms with Gasteiger partial charge in [0.05, 0.1) is 0 Å². The van der Waals surface area contributed by atoms with Crippen molar-refractivity contribution >= 4 is 36.2 Å². The van der Waals surface area contributed by atoms with Crippen molar-refractivity contribution in [1.29, 1.82) is 0 Å². The second kappa shape index (κ2) is 5.65. The Hall–Kier alpha value is -0.600. The van der Waals surface area contributed by atoms with Crippen molar-refractivity contribution in [3.05, 3.63) is 23.8 Å². The Morgan fingerprint density at radius 2 is 1.81 bits per heavy atom. The fourth-order valence-corrected chi connectivity index (χ4v) is 2.46. The van der Waals surface area contributed by atoms with Crippen LogP contribution in [0.2, 0.25) is 0 Å².